The smallest absolute Gasteiger partial charge is 0.288 e. The van der Waals surface area contributed by atoms with E-state index in [9.17, 15) is 0 Å². The SMILES string of the molecule is CCOc1ccccc1-c1nn(CN(C)Cc2cnn(-c3ccccc3)c2)c(=S)o1. The third-order valence-corrected chi connectivity index (χ3v) is 4.80. The van der Waals surface area contributed by atoms with E-state index in [2.05, 4.69) is 15.1 Å². The highest BCUT2D eigenvalue weighted by Gasteiger charge is 2.14. The molecule has 30 heavy (non-hydrogen) atoms. The van der Waals surface area contributed by atoms with Gasteiger partial charge in [-0.05, 0) is 50.5 Å². The fourth-order valence-corrected chi connectivity index (χ4v) is 3.36. The minimum Gasteiger partial charge on any atom is -0.493 e. The van der Waals surface area contributed by atoms with Gasteiger partial charge in [0.05, 0.1) is 30.7 Å². The molecule has 0 saturated carbocycles. The van der Waals surface area contributed by atoms with E-state index < -0.39 is 0 Å². The Morgan fingerprint density at radius 1 is 1.10 bits per heavy atom. The molecule has 2 heterocycles. The Balaban J connectivity index is 1.47. The summed E-state index contributed by atoms with van der Waals surface area (Å²) in [6.07, 6.45) is 3.90. The molecule has 0 spiro atoms. The predicted octanol–water partition coefficient (Wildman–Crippen LogP) is 4.55. The molecule has 2 aromatic heterocycles. The molecule has 8 heteroatoms. The van der Waals surface area contributed by atoms with E-state index in [1.807, 2.05) is 85.6 Å². The monoisotopic (exact) mass is 421 g/mol. The lowest BCUT2D eigenvalue weighted by atomic mass is 10.2. The molecule has 0 bridgehead atoms. The van der Waals surface area contributed by atoms with Gasteiger partial charge in [-0.3, -0.25) is 4.90 Å². The molecule has 0 aliphatic carbocycles. The van der Waals surface area contributed by atoms with Crippen molar-refractivity contribution in [1.82, 2.24) is 24.5 Å². The summed E-state index contributed by atoms with van der Waals surface area (Å²) in [4.78, 5) is 2.42. The standard InChI is InChI=1S/C22H23N5O2S/c1-3-28-20-12-8-7-11-19(20)21-24-27(22(30)29-21)16-25(2)14-17-13-23-26(15-17)18-9-5-4-6-10-18/h4-13,15H,3,14,16H2,1-2H3. The molecule has 0 fully saturated rings. The minimum atomic E-state index is 0.322. The van der Waals surface area contributed by atoms with Crippen LogP contribution in [0.4, 0.5) is 0 Å². The second-order valence-corrected chi connectivity index (χ2v) is 7.24. The molecule has 0 saturated heterocycles. The summed E-state index contributed by atoms with van der Waals surface area (Å²) in [5, 5.41) is 9.01. The number of para-hydroxylation sites is 2. The number of hydrogen-bond donors (Lipinski definition) is 0. The van der Waals surface area contributed by atoms with Crippen molar-refractivity contribution in [3.05, 3.63) is 77.4 Å². The fourth-order valence-electron chi connectivity index (χ4n) is 3.18. The van der Waals surface area contributed by atoms with E-state index >= 15 is 0 Å². The molecule has 7 nitrogen and oxygen atoms in total. The van der Waals surface area contributed by atoms with Crippen LogP contribution in [0.15, 0.2) is 71.4 Å². The molecule has 0 unspecified atom stereocenters. The summed E-state index contributed by atoms with van der Waals surface area (Å²) in [6.45, 7) is 3.71. The largest absolute Gasteiger partial charge is 0.493 e. The molecule has 4 rings (SSSR count). The van der Waals surface area contributed by atoms with Crippen LogP contribution in [0.3, 0.4) is 0 Å². The quantitative estimate of drug-likeness (QED) is 0.389. The molecule has 2 aromatic carbocycles. The van der Waals surface area contributed by atoms with Crippen LogP contribution in [-0.2, 0) is 13.2 Å². The number of ether oxygens (including phenoxy) is 1. The molecule has 0 aliphatic heterocycles. The molecular formula is C22H23N5O2S. The molecule has 4 aromatic rings. The van der Waals surface area contributed by atoms with E-state index in [-0.39, 0.29) is 0 Å². The van der Waals surface area contributed by atoms with Gasteiger partial charge in [-0.25, -0.2) is 9.36 Å². The third-order valence-electron chi connectivity index (χ3n) is 4.51. The van der Waals surface area contributed by atoms with Gasteiger partial charge in [-0.15, -0.1) is 5.10 Å². The molecule has 0 N–H and O–H groups in total. The van der Waals surface area contributed by atoms with Crippen molar-refractivity contribution in [3.63, 3.8) is 0 Å². The highest BCUT2D eigenvalue weighted by Crippen LogP contribution is 2.28. The van der Waals surface area contributed by atoms with Gasteiger partial charge in [0.15, 0.2) is 0 Å². The van der Waals surface area contributed by atoms with Gasteiger partial charge in [0.25, 0.3) is 10.7 Å². The van der Waals surface area contributed by atoms with E-state index in [1.54, 1.807) is 4.68 Å². The van der Waals surface area contributed by atoms with E-state index in [0.29, 0.717) is 30.5 Å². The number of rotatable bonds is 8. The number of hydrogen-bond acceptors (Lipinski definition) is 6. The summed E-state index contributed by atoms with van der Waals surface area (Å²) in [6, 6.07) is 17.7. The van der Waals surface area contributed by atoms with E-state index in [1.165, 1.54) is 0 Å². The summed E-state index contributed by atoms with van der Waals surface area (Å²) in [5.41, 5.74) is 2.91. The normalized spacial score (nSPS) is 11.2. The van der Waals surface area contributed by atoms with Crippen molar-refractivity contribution in [1.29, 1.82) is 0 Å². The number of aromatic nitrogens is 4. The highest BCUT2D eigenvalue weighted by atomic mass is 32.1. The molecular weight excluding hydrogens is 398 g/mol. The summed E-state index contributed by atoms with van der Waals surface area (Å²) in [7, 11) is 2.00. The fraction of sp³-hybridized carbons (Fsp3) is 0.227. The lowest BCUT2D eigenvalue weighted by Gasteiger charge is -2.14. The lowest BCUT2D eigenvalue weighted by molar-refractivity contribution is 0.240. The zero-order valence-corrected chi connectivity index (χ0v) is 17.7. The van der Waals surface area contributed by atoms with Crippen molar-refractivity contribution in [2.45, 2.75) is 20.1 Å². The highest BCUT2D eigenvalue weighted by molar-refractivity contribution is 7.71. The minimum absolute atomic E-state index is 0.322. The number of nitrogens with zero attached hydrogens (tertiary/aromatic N) is 5. The van der Waals surface area contributed by atoms with Crippen LogP contribution in [0.25, 0.3) is 17.1 Å². The maximum atomic E-state index is 5.74. The van der Waals surface area contributed by atoms with Gasteiger partial charge >= 0.3 is 0 Å². The zero-order valence-electron chi connectivity index (χ0n) is 16.9. The first-order valence-electron chi connectivity index (χ1n) is 9.71. The predicted molar refractivity (Wildman–Crippen MR) is 117 cm³/mol. The Hall–Kier alpha value is -3.23. The van der Waals surface area contributed by atoms with Crippen molar-refractivity contribution in [2.24, 2.45) is 0 Å². The second-order valence-electron chi connectivity index (χ2n) is 6.89. The van der Waals surface area contributed by atoms with Crippen molar-refractivity contribution < 1.29 is 9.15 Å². The van der Waals surface area contributed by atoms with Crippen LogP contribution in [0, 0.1) is 4.84 Å². The maximum Gasteiger partial charge on any atom is 0.288 e. The van der Waals surface area contributed by atoms with Crippen LogP contribution in [0.2, 0.25) is 0 Å². The van der Waals surface area contributed by atoms with Crippen LogP contribution in [-0.4, -0.2) is 38.1 Å². The first kappa shape index (κ1) is 20.1. The molecule has 0 amide bonds. The van der Waals surface area contributed by atoms with Gasteiger partial charge < -0.3 is 9.15 Å². The summed E-state index contributed by atoms with van der Waals surface area (Å²) < 4.78 is 15.0. The van der Waals surface area contributed by atoms with Crippen LogP contribution >= 0.6 is 12.2 Å². The maximum absolute atomic E-state index is 5.74. The van der Waals surface area contributed by atoms with Crippen molar-refractivity contribution in [2.75, 3.05) is 13.7 Å². The average molecular weight is 422 g/mol. The Bertz CT molecular complexity index is 1170. The van der Waals surface area contributed by atoms with Crippen LogP contribution in [0.1, 0.15) is 12.5 Å². The average Bonchev–Trinajstić information content (AvgIpc) is 3.36. The van der Waals surface area contributed by atoms with Crippen LogP contribution < -0.4 is 4.74 Å². The van der Waals surface area contributed by atoms with Crippen LogP contribution in [0.5, 0.6) is 5.75 Å². The zero-order chi connectivity index (χ0) is 20.9. The van der Waals surface area contributed by atoms with Gasteiger partial charge in [0, 0.05) is 18.3 Å². The molecule has 154 valence electrons. The van der Waals surface area contributed by atoms with Gasteiger partial charge in [-0.1, -0.05) is 30.3 Å². The molecule has 0 atom stereocenters. The first-order valence-corrected chi connectivity index (χ1v) is 10.1. The van der Waals surface area contributed by atoms with Crippen molar-refractivity contribution >= 4 is 12.2 Å². The Morgan fingerprint density at radius 2 is 1.87 bits per heavy atom. The van der Waals surface area contributed by atoms with Gasteiger partial charge in [-0.2, -0.15) is 5.10 Å². The summed E-state index contributed by atoms with van der Waals surface area (Å²) in [5.74, 6) is 1.18. The topological polar surface area (TPSA) is 61.2 Å². The van der Waals surface area contributed by atoms with E-state index in [0.717, 1.165) is 22.6 Å². The van der Waals surface area contributed by atoms with Crippen molar-refractivity contribution in [3.8, 4) is 22.9 Å². The molecule has 0 aliphatic rings. The third kappa shape index (κ3) is 4.50. The second kappa shape index (κ2) is 9.06. The Morgan fingerprint density at radius 3 is 2.67 bits per heavy atom. The lowest BCUT2D eigenvalue weighted by Crippen LogP contribution is -2.22. The van der Waals surface area contributed by atoms with Gasteiger partial charge in [0.2, 0.25) is 0 Å². The number of benzene rings is 2. The Kier molecular flexibility index (Phi) is 6.06. The van der Waals surface area contributed by atoms with Gasteiger partial charge in [0.1, 0.15) is 5.75 Å². The first-order chi connectivity index (χ1) is 14.6. The summed E-state index contributed by atoms with van der Waals surface area (Å²) >= 11 is 5.38. The Labute approximate surface area is 180 Å². The molecule has 0 radical (unpaired) electrons. The van der Waals surface area contributed by atoms with E-state index in [4.69, 9.17) is 21.4 Å².